The van der Waals surface area contributed by atoms with Gasteiger partial charge in [0, 0.05) is 0 Å². The molecular formula is C12H9ClFN3O. The van der Waals surface area contributed by atoms with E-state index < -0.39 is 0 Å². The van der Waals surface area contributed by atoms with Gasteiger partial charge in [-0.15, -0.1) is 0 Å². The molecule has 1 heterocycles. The van der Waals surface area contributed by atoms with E-state index in [4.69, 9.17) is 11.6 Å². The Morgan fingerprint density at radius 1 is 1.33 bits per heavy atom. The first kappa shape index (κ1) is 12.4. The molecule has 0 aliphatic heterocycles. The summed E-state index contributed by atoms with van der Waals surface area (Å²) in [6.45, 7) is 0. The first-order chi connectivity index (χ1) is 8.63. The molecule has 4 nitrogen and oxygen atoms in total. The second-order valence-corrected chi connectivity index (χ2v) is 3.97. The van der Waals surface area contributed by atoms with E-state index in [2.05, 4.69) is 15.3 Å². The van der Waals surface area contributed by atoms with Crippen LogP contribution in [-0.4, -0.2) is 15.9 Å². The van der Waals surface area contributed by atoms with Gasteiger partial charge in [-0.25, -0.2) is 14.4 Å². The van der Waals surface area contributed by atoms with Gasteiger partial charge in [-0.2, -0.15) is 0 Å². The van der Waals surface area contributed by atoms with Crippen LogP contribution in [0, 0.1) is 5.82 Å². The molecule has 92 valence electrons. The van der Waals surface area contributed by atoms with E-state index in [1.165, 1.54) is 24.5 Å². The van der Waals surface area contributed by atoms with Crippen LogP contribution in [0.25, 0.3) is 0 Å². The van der Waals surface area contributed by atoms with Crippen LogP contribution in [0.3, 0.4) is 0 Å². The van der Waals surface area contributed by atoms with Gasteiger partial charge in [0.2, 0.25) is 5.91 Å². The third-order valence-electron chi connectivity index (χ3n) is 2.14. The molecular weight excluding hydrogens is 257 g/mol. The standard InChI is InChI=1S/C12H9ClFN3O/c13-10-6-16-11(7-15-10)17-12(18)5-8-2-1-3-9(14)4-8/h1-4,6-7H,5H2,(H,16,17,18). The van der Waals surface area contributed by atoms with Gasteiger partial charge in [0.15, 0.2) is 5.82 Å². The summed E-state index contributed by atoms with van der Waals surface area (Å²) in [6.07, 6.45) is 2.76. The highest BCUT2D eigenvalue weighted by molar-refractivity contribution is 6.29. The second-order valence-electron chi connectivity index (χ2n) is 3.58. The predicted molar refractivity (Wildman–Crippen MR) is 65.8 cm³/mol. The molecule has 0 unspecified atom stereocenters. The Kier molecular flexibility index (Phi) is 3.84. The first-order valence-corrected chi connectivity index (χ1v) is 5.53. The number of carbonyl (C=O) groups is 1. The van der Waals surface area contributed by atoms with Crippen LogP contribution in [0.4, 0.5) is 10.2 Å². The largest absolute Gasteiger partial charge is 0.309 e. The van der Waals surface area contributed by atoms with Crippen LogP contribution in [0.15, 0.2) is 36.7 Å². The van der Waals surface area contributed by atoms with E-state index in [0.29, 0.717) is 11.4 Å². The molecule has 0 saturated carbocycles. The fourth-order valence-electron chi connectivity index (χ4n) is 1.40. The Labute approximate surface area is 108 Å². The molecule has 0 atom stereocenters. The molecule has 0 saturated heterocycles. The molecule has 0 radical (unpaired) electrons. The molecule has 18 heavy (non-hydrogen) atoms. The lowest BCUT2D eigenvalue weighted by molar-refractivity contribution is -0.115. The van der Waals surface area contributed by atoms with Gasteiger partial charge in [-0.1, -0.05) is 23.7 Å². The summed E-state index contributed by atoms with van der Waals surface area (Å²) in [5, 5.41) is 2.79. The lowest BCUT2D eigenvalue weighted by Gasteiger charge is -2.04. The molecule has 0 aliphatic carbocycles. The molecule has 0 fully saturated rings. The average Bonchev–Trinajstić information content (AvgIpc) is 2.32. The van der Waals surface area contributed by atoms with Crippen molar-refractivity contribution in [2.24, 2.45) is 0 Å². The molecule has 1 amide bonds. The molecule has 6 heteroatoms. The number of hydrogen-bond donors (Lipinski definition) is 1. The number of nitrogens with one attached hydrogen (secondary N) is 1. The Bertz CT molecular complexity index is 560. The fraction of sp³-hybridized carbons (Fsp3) is 0.0833. The fourth-order valence-corrected chi connectivity index (χ4v) is 1.49. The van der Waals surface area contributed by atoms with E-state index in [9.17, 15) is 9.18 Å². The number of anilines is 1. The van der Waals surface area contributed by atoms with Crippen LogP contribution in [0.2, 0.25) is 5.15 Å². The average molecular weight is 266 g/mol. The Morgan fingerprint density at radius 2 is 2.17 bits per heavy atom. The van der Waals surface area contributed by atoms with Crippen LogP contribution in [-0.2, 0) is 11.2 Å². The number of rotatable bonds is 3. The summed E-state index contributed by atoms with van der Waals surface area (Å²) in [5.41, 5.74) is 0.592. The second kappa shape index (κ2) is 5.55. The molecule has 0 bridgehead atoms. The summed E-state index contributed by atoms with van der Waals surface area (Å²) in [6, 6.07) is 5.87. The van der Waals surface area contributed by atoms with Gasteiger partial charge < -0.3 is 5.32 Å². The van der Waals surface area contributed by atoms with Crippen LogP contribution in [0.1, 0.15) is 5.56 Å². The molecule has 0 aliphatic rings. The summed E-state index contributed by atoms with van der Waals surface area (Å²) < 4.78 is 12.9. The van der Waals surface area contributed by atoms with E-state index in [1.54, 1.807) is 12.1 Å². The van der Waals surface area contributed by atoms with Crippen molar-refractivity contribution in [1.82, 2.24) is 9.97 Å². The zero-order valence-electron chi connectivity index (χ0n) is 9.23. The van der Waals surface area contributed by atoms with Crippen molar-refractivity contribution < 1.29 is 9.18 Å². The zero-order valence-corrected chi connectivity index (χ0v) is 9.99. The normalized spacial score (nSPS) is 10.1. The number of amides is 1. The quantitative estimate of drug-likeness (QED) is 0.927. The summed E-state index contributed by atoms with van der Waals surface area (Å²) >= 11 is 5.57. The van der Waals surface area contributed by atoms with Crippen LogP contribution >= 0.6 is 11.6 Å². The lowest BCUT2D eigenvalue weighted by Crippen LogP contribution is -2.15. The summed E-state index contributed by atoms with van der Waals surface area (Å²) in [4.78, 5) is 19.3. The van der Waals surface area contributed by atoms with Gasteiger partial charge in [0.1, 0.15) is 11.0 Å². The van der Waals surface area contributed by atoms with Crippen molar-refractivity contribution in [3.05, 3.63) is 53.2 Å². The predicted octanol–water partition coefficient (Wildman–Crippen LogP) is 2.45. The first-order valence-electron chi connectivity index (χ1n) is 5.15. The maximum atomic E-state index is 12.9. The minimum Gasteiger partial charge on any atom is -0.309 e. The molecule has 2 rings (SSSR count). The SMILES string of the molecule is O=C(Cc1cccc(F)c1)Nc1cnc(Cl)cn1. The van der Waals surface area contributed by atoms with Crippen molar-refractivity contribution in [3.63, 3.8) is 0 Å². The molecule has 1 N–H and O–H groups in total. The topological polar surface area (TPSA) is 54.9 Å². The maximum Gasteiger partial charge on any atom is 0.229 e. The van der Waals surface area contributed by atoms with Gasteiger partial charge >= 0.3 is 0 Å². The lowest BCUT2D eigenvalue weighted by atomic mass is 10.1. The monoisotopic (exact) mass is 265 g/mol. The number of halogens is 2. The van der Waals surface area contributed by atoms with E-state index in [0.717, 1.165) is 0 Å². The number of benzene rings is 1. The van der Waals surface area contributed by atoms with Crippen LogP contribution < -0.4 is 5.32 Å². The number of nitrogens with zero attached hydrogens (tertiary/aromatic N) is 2. The van der Waals surface area contributed by atoms with E-state index >= 15 is 0 Å². The van der Waals surface area contributed by atoms with Gasteiger partial charge in [0.25, 0.3) is 0 Å². The highest BCUT2D eigenvalue weighted by Crippen LogP contribution is 2.08. The third-order valence-corrected chi connectivity index (χ3v) is 2.34. The smallest absolute Gasteiger partial charge is 0.229 e. The minimum absolute atomic E-state index is 0.0715. The number of carbonyl (C=O) groups excluding carboxylic acids is 1. The highest BCUT2D eigenvalue weighted by atomic mass is 35.5. The molecule has 1 aromatic heterocycles. The minimum atomic E-state index is -0.369. The molecule has 2 aromatic rings. The highest BCUT2D eigenvalue weighted by Gasteiger charge is 2.05. The maximum absolute atomic E-state index is 12.9. The van der Waals surface area contributed by atoms with E-state index in [-0.39, 0.29) is 23.3 Å². The Balaban J connectivity index is 1.98. The van der Waals surface area contributed by atoms with Gasteiger partial charge in [-0.05, 0) is 17.7 Å². The van der Waals surface area contributed by atoms with Crippen molar-refractivity contribution in [2.75, 3.05) is 5.32 Å². The van der Waals surface area contributed by atoms with Crippen molar-refractivity contribution in [1.29, 1.82) is 0 Å². The number of hydrogen-bond acceptors (Lipinski definition) is 3. The van der Waals surface area contributed by atoms with Gasteiger partial charge in [0.05, 0.1) is 18.8 Å². The van der Waals surface area contributed by atoms with Crippen LogP contribution in [0.5, 0.6) is 0 Å². The summed E-state index contributed by atoms with van der Waals surface area (Å²) in [7, 11) is 0. The molecule has 0 spiro atoms. The zero-order chi connectivity index (χ0) is 13.0. The van der Waals surface area contributed by atoms with Crippen molar-refractivity contribution in [3.8, 4) is 0 Å². The number of aromatic nitrogens is 2. The Morgan fingerprint density at radius 3 is 2.83 bits per heavy atom. The Hall–Kier alpha value is -2.01. The van der Waals surface area contributed by atoms with Crippen molar-refractivity contribution in [2.45, 2.75) is 6.42 Å². The summed E-state index contributed by atoms with van der Waals surface area (Å²) in [5.74, 6) is -0.357. The third kappa shape index (κ3) is 3.49. The van der Waals surface area contributed by atoms with Gasteiger partial charge in [-0.3, -0.25) is 4.79 Å². The van der Waals surface area contributed by atoms with E-state index in [1.807, 2.05) is 0 Å². The molecule has 1 aromatic carbocycles. The van der Waals surface area contributed by atoms with Crippen molar-refractivity contribution >= 4 is 23.3 Å².